The van der Waals surface area contributed by atoms with Gasteiger partial charge in [-0.15, -0.1) is 0 Å². The molecule has 14 heteroatoms. The monoisotopic (exact) mass is 630 g/mol. The molecule has 168 valence electrons. The molecule has 1 fully saturated rings. The van der Waals surface area contributed by atoms with E-state index in [-0.39, 0.29) is 0 Å². The lowest BCUT2D eigenvalue weighted by molar-refractivity contribution is 2.04. The molecule has 0 radical (unpaired) electrons. The van der Waals surface area contributed by atoms with Gasteiger partial charge in [-0.05, 0) is 0 Å². The molecule has 0 aromatic heterocycles. The van der Waals surface area contributed by atoms with Gasteiger partial charge in [0.05, 0.1) is 0 Å². The smallest absolute Gasteiger partial charge is 0.160 e. The van der Waals surface area contributed by atoms with Crippen LogP contribution in [0.15, 0.2) is 0 Å². The van der Waals surface area contributed by atoms with Gasteiger partial charge in [-0.2, -0.15) is 74.6 Å². The number of rotatable bonds is 0. The molecule has 28 heavy (non-hydrogen) atoms. The Bertz CT molecular complexity index is 399. The van der Waals surface area contributed by atoms with Gasteiger partial charge in [0, 0.05) is 0 Å². The highest BCUT2D eigenvalue weighted by Crippen LogP contribution is 2.58. The molecule has 0 amide bonds. The van der Waals surface area contributed by atoms with E-state index in [1.807, 2.05) is 0 Å². The SMILES string of the molecule is C[Si]1(C)S[Si](C)(C)S[Si](C)(C)S[Si](C)(C)S[Si](C)(C)S[Si](C)(C)S[Si](C)(C)S1. The fourth-order valence-corrected chi connectivity index (χ4v) is 236. The highest BCUT2D eigenvalue weighted by atomic mass is 32.9. The zero-order valence-corrected chi connectivity index (χ0v) is 33.1. The van der Waals surface area contributed by atoms with Crippen LogP contribution in [0.3, 0.4) is 0 Å². The third kappa shape index (κ3) is 11.9. The minimum absolute atomic E-state index is 1.30. The van der Waals surface area contributed by atoms with Gasteiger partial charge in [-0.3, -0.25) is 0 Å². The van der Waals surface area contributed by atoms with E-state index in [4.69, 9.17) is 0 Å². The molecule has 0 N–H and O–H groups in total. The molecule has 0 nitrogen and oxygen atoms in total. The van der Waals surface area contributed by atoms with Crippen molar-refractivity contribution in [3.8, 4) is 0 Å². The maximum absolute atomic E-state index is 2.66. The summed E-state index contributed by atoms with van der Waals surface area (Å²) in [6, 6.07) is 0. The lowest BCUT2D eigenvalue weighted by atomic mass is 11.9. The molecule has 0 bridgehead atoms. The summed E-state index contributed by atoms with van der Waals surface area (Å²) >= 11 is 0. The summed E-state index contributed by atoms with van der Waals surface area (Å²) in [4.78, 5) is 0. The quantitative estimate of drug-likeness (QED) is 0.241. The predicted molar refractivity (Wildman–Crippen MR) is 176 cm³/mol. The van der Waals surface area contributed by atoms with Crippen LogP contribution >= 0.6 is 74.6 Å². The minimum Gasteiger partial charge on any atom is -0.184 e. The molecule has 0 aromatic rings. The van der Waals surface area contributed by atoms with Crippen molar-refractivity contribution in [1.29, 1.82) is 0 Å². The van der Waals surface area contributed by atoms with E-state index in [1.165, 1.54) is 0 Å². The molecule has 0 aliphatic carbocycles. The van der Waals surface area contributed by atoms with Crippen LogP contribution in [0.1, 0.15) is 0 Å². The van der Waals surface area contributed by atoms with Crippen molar-refractivity contribution in [2.45, 2.75) is 91.7 Å². The van der Waals surface area contributed by atoms with Gasteiger partial charge in [0.25, 0.3) is 0 Å². The van der Waals surface area contributed by atoms with Crippen LogP contribution in [0, 0.1) is 0 Å². The molecule has 0 unspecified atom stereocenters. The van der Waals surface area contributed by atoms with Crippen molar-refractivity contribution in [3.63, 3.8) is 0 Å². The normalized spacial score (nSPS) is 31.5. The van der Waals surface area contributed by atoms with Crippen molar-refractivity contribution in [3.05, 3.63) is 0 Å². The van der Waals surface area contributed by atoms with Crippen molar-refractivity contribution in [1.82, 2.24) is 0 Å². The van der Waals surface area contributed by atoms with Crippen molar-refractivity contribution >= 4 is 119 Å². The summed E-state index contributed by atoms with van der Waals surface area (Å²) in [6.07, 6.45) is -9.13. The summed E-state index contributed by atoms with van der Waals surface area (Å²) < 4.78 is 0. The van der Waals surface area contributed by atoms with E-state index >= 15 is 0 Å². The van der Waals surface area contributed by atoms with Gasteiger partial charge >= 0.3 is 0 Å². The van der Waals surface area contributed by atoms with Gasteiger partial charge in [-0.1, -0.05) is 91.7 Å². The lowest BCUT2D eigenvalue weighted by Gasteiger charge is -2.44. The van der Waals surface area contributed by atoms with E-state index < -0.39 is 44.6 Å². The molecule has 1 aliphatic heterocycles. The van der Waals surface area contributed by atoms with E-state index in [2.05, 4.69) is 166 Å². The Kier molecular flexibility index (Phi) is 10.6. The van der Waals surface area contributed by atoms with Crippen molar-refractivity contribution in [2.24, 2.45) is 0 Å². The topological polar surface area (TPSA) is 0 Å². The average molecular weight is 632 g/mol. The summed E-state index contributed by atoms with van der Waals surface area (Å²) in [6.45, 7) is 37.3. The van der Waals surface area contributed by atoms with Gasteiger partial charge < -0.3 is 0 Å². The van der Waals surface area contributed by atoms with Crippen LogP contribution in [0.4, 0.5) is 0 Å². The minimum atomic E-state index is -1.30. The summed E-state index contributed by atoms with van der Waals surface area (Å²) in [7, 11) is 17.6. The first kappa shape index (κ1) is 30.0. The third-order valence-electron chi connectivity index (χ3n) is 3.44. The van der Waals surface area contributed by atoms with Crippen LogP contribution in [0.5, 0.6) is 0 Å². The Hall–Kier alpha value is 3.97. The van der Waals surface area contributed by atoms with Crippen molar-refractivity contribution in [2.75, 3.05) is 0 Å². The van der Waals surface area contributed by atoms with Gasteiger partial charge in [0.2, 0.25) is 0 Å². The van der Waals surface area contributed by atoms with E-state index in [9.17, 15) is 0 Å². The van der Waals surface area contributed by atoms with Crippen molar-refractivity contribution < 1.29 is 0 Å². The summed E-state index contributed by atoms with van der Waals surface area (Å²) in [5, 5.41) is 0. The van der Waals surface area contributed by atoms with E-state index in [0.29, 0.717) is 0 Å². The molecule has 0 atom stereocenters. The average Bonchev–Trinajstić information content (AvgIpc) is 2.10. The van der Waals surface area contributed by atoms with Crippen LogP contribution in [-0.4, -0.2) is 44.6 Å². The number of hydrogen-bond donors (Lipinski definition) is 0. The summed E-state index contributed by atoms with van der Waals surface area (Å²) in [5.41, 5.74) is 0. The molecule has 0 aromatic carbocycles. The second-order valence-electron chi connectivity index (χ2n) is 10.5. The van der Waals surface area contributed by atoms with Gasteiger partial charge in [0.15, 0.2) is 44.6 Å². The standard InChI is InChI=1S/C14H42S7Si7/c1-22(2)15-23(3,4)17-25(7,8)19-27(11,12)21-28(13,14)20-26(9,10)18-24(5,6)16-22/h1-14H3. The Morgan fingerprint density at radius 1 is 0.214 bits per heavy atom. The highest BCUT2D eigenvalue weighted by Gasteiger charge is 2.49. The molecule has 1 saturated heterocycles. The molecular weight excluding hydrogens is 589 g/mol. The first-order valence-corrected chi connectivity index (χ1v) is 46.7. The molecule has 1 rings (SSSR count). The maximum Gasteiger partial charge on any atom is 0.160 e. The van der Waals surface area contributed by atoms with Gasteiger partial charge in [-0.25, -0.2) is 0 Å². The molecule has 1 aliphatic rings. The Balaban J connectivity index is 3.34. The van der Waals surface area contributed by atoms with E-state index in [0.717, 1.165) is 0 Å². The zero-order chi connectivity index (χ0) is 22.4. The Labute approximate surface area is 208 Å². The second kappa shape index (κ2) is 9.91. The maximum atomic E-state index is 2.66. The fraction of sp³-hybridized carbons (Fsp3) is 1.00. The highest BCUT2D eigenvalue weighted by molar-refractivity contribution is 8.99. The first-order valence-electron chi connectivity index (χ1n) is 9.86. The van der Waals surface area contributed by atoms with Crippen LogP contribution < -0.4 is 0 Å². The Morgan fingerprint density at radius 2 is 0.286 bits per heavy atom. The van der Waals surface area contributed by atoms with Crippen LogP contribution in [-0.2, 0) is 0 Å². The molecule has 0 spiro atoms. The third-order valence-corrected chi connectivity index (χ3v) is 124. The molecule has 0 saturated carbocycles. The van der Waals surface area contributed by atoms with Gasteiger partial charge in [0.1, 0.15) is 0 Å². The van der Waals surface area contributed by atoms with Crippen LogP contribution in [0.25, 0.3) is 0 Å². The largest absolute Gasteiger partial charge is 0.184 e. The zero-order valence-electron chi connectivity index (χ0n) is 20.4. The summed E-state index contributed by atoms with van der Waals surface area (Å²) in [5.74, 6) is 0. The van der Waals surface area contributed by atoms with Crippen LogP contribution in [0.2, 0.25) is 91.7 Å². The van der Waals surface area contributed by atoms with E-state index in [1.54, 1.807) is 0 Å². The fourth-order valence-electron chi connectivity index (χ4n) is 4.29. The lowest BCUT2D eigenvalue weighted by Crippen LogP contribution is -2.43. The molecular formula is C14H42S7Si7. The Morgan fingerprint density at radius 3 is 0.357 bits per heavy atom. The second-order valence-corrected chi connectivity index (χ2v) is 97.0. The predicted octanol–water partition coefficient (Wildman–Crippen LogP) is 10.0. The first-order chi connectivity index (χ1) is 11.9. The number of hydrogen-bond acceptors (Lipinski definition) is 7. The molecule has 1 heterocycles.